The number of hydrogen-bond donors (Lipinski definition) is 0. The molecule has 2 fully saturated rings. The minimum atomic E-state index is -3.44. The Morgan fingerprint density at radius 3 is 2.58 bits per heavy atom. The Morgan fingerprint density at radius 2 is 1.96 bits per heavy atom. The van der Waals surface area contributed by atoms with E-state index < -0.39 is 10.0 Å². The van der Waals surface area contributed by atoms with Crippen molar-refractivity contribution in [3.63, 3.8) is 0 Å². The Morgan fingerprint density at radius 1 is 1.27 bits per heavy atom. The number of carbonyl (C=O) groups excluding carboxylic acids is 1. The average molecular weight is 380 g/mol. The molecule has 4 rings (SSSR count). The second kappa shape index (κ2) is 6.13. The predicted octanol–water partition coefficient (Wildman–Crippen LogP) is 1.24. The first-order chi connectivity index (χ1) is 12.3. The number of ether oxygens (including phenoxy) is 2. The minimum Gasteiger partial charge on any atom is -0.486 e. The molecule has 142 valence electrons. The van der Waals surface area contributed by atoms with Gasteiger partial charge in [0.15, 0.2) is 0 Å². The summed E-state index contributed by atoms with van der Waals surface area (Å²) >= 11 is 0. The number of carbonyl (C=O) groups is 1. The van der Waals surface area contributed by atoms with Crippen molar-refractivity contribution in [2.24, 2.45) is 5.41 Å². The van der Waals surface area contributed by atoms with Crippen LogP contribution in [0.2, 0.25) is 0 Å². The van der Waals surface area contributed by atoms with Gasteiger partial charge in [-0.2, -0.15) is 0 Å². The monoisotopic (exact) mass is 380 g/mol. The molecule has 1 unspecified atom stereocenters. The summed E-state index contributed by atoms with van der Waals surface area (Å²) in [5, 5.41) is 0. The van der Waals surface area contributed by atoms with Crippen LogP contribution in [-0.4, -0.2) is 63.9 Å². The van der Waals surface area contributed by atoms with Gasteiger partial charge in [-0.25, -0.2) is 8.42 Å². The van der Waals surface area contributed by atoms with E-state index in [1.54, 1.807) is 18.2 Å². The van der Waals surface area contributed by atoms with Gasteiger partial charge in [0.05, 0.1) is 36.6 Å². The Balaban J connectivity index is 1.43. The molecule has 0 aromatic heterocycles. The van der Waals surface area contributed by atoms with Gasteiger partial charge in [0.25, 0.3) is 0 Å². The molecule has 1 aromatic carbocycles. The lowest BCUT2D eigenvalue weighted by molar-refractivity contribution is -0.195. The van der Waals surface area contributed by atoms with E-state index in [2.05, 4.69) is 0 Å². The molecule has 0 bridgehead atoms. The third kappa shape index (κ3) is 2.95. The molecule has 0 N–H and O–H groups in total. The maximum absolute atomic E-state index is 12.4. The van der Waals surface area contributed by atoms with Crippen LogP contribution in [0.25, 0.3) is 0 Å². The van der Waals surface area contributed by atoms with Crippen LogP contribution in [0.1, 0.15) is 19.8 Å². The Labute approximate surface area is 153 Å². The van der Waals surface area contributed by atoms with Crippen LogP contribution in [0.15, 0.2) is 24.3 Å². The first-order valence-electron chi connectivity index (χ1n) is 8.90. The lowest BCUT2D eigenvalue weighted by atomic mass is 9.78. The third-order valence-electron chi connectivity index (χ3n) is 5.51. The first-order valence-corrected chi connectivity index (χ1v) is 10.7. The molecule has 2 atom stereocenters. The summed E-state index contributed by atoms with van der Waals surface area (Å²) in [6.07, 6.45) is 1.69. The van der Waals surface area contributed by atoms with Gasteiger partial charge in [-0.15, -0.1) is 0 Å². The number of rotatable bonds is 4. The van der Waals surface area contributed by atoms with Crippen molar-refractivity contribution in [3.8, 4) is 5.75 Å². The molecule has 3 heterocycles. The third-order valence-corrected chi connectivity index (χ3v) is 6.75. The highest BCUT2D eigenvalue weighted by Gasteiger charge is 2.50. The molecule has 3 aliphatic rings. The lowest BCUT2D eigenvalue weighted by Gasteiger charge is -2.55. The van der Waals surface area contributed by atoms with Gasteiger partial charge in [0, 0.05) is 19.5 Å². The van der Waals surface area contributed by atoms with Crippen LogP contribution >= 0.6 is 0 Å². The number of hydrogen-bond acceptors (Lipinski definition) is 5. The summed E-state index contributed by atoms with van der Waals surface area (Å²) < 4.78 is 37.3. The number of nitrogens with zero attached hydrogens (tertiary/aromatic N) is 2. The van der Waals surface area contributed by atoms with Gasteiger partial charge in [0.1, 0.15) is 11.9 Å². The van der Waals surface area contributed by atoms with Crippen molar-refractivity contribution in [2.75, 3.05) is 36.9 Å². The molecule has 1 spiro atoms. The molecule has 3 aliphatic heterocycles. The number of benzene rings is 1. The van der Waals surface area contributed by atoms with E-state index in [1.807, 2.05) is 17.9 Å². The lowest BCUT2D eigenvalue weighted by Crippen LogP contribution is -2.67. The van der Waals surface area contributed by atoms with Crippen LogP contribution in [0.4, 0.5) is 5.69 Å². The summed E-state index contributed by atoms with van der Waals surface area (Å²) in [5.74, 6) is 0.645. The van der Waals surface area contributed by atoms with E-state index in [-0.39, 0.29) is 23.5 Å². The number of likely N-dealkylation sites (tertiary alicyclic amines) is 1. The molecule has 0 aliphatic carbocycles. The van der Waals surface area contributed by atoms with Crippen LogP contribution in [0.3, 0.4) is 0 Å². The molecule has 0 radical (unpaired) electrons. The zero-order valence-corrected chi connectivity index (χ0v) is 15.9. The fourth-order valence-corrected chi connectivity index (χ4v) is 5.34. The van der Waals surface area contributed by atoms with Gasteiger partial charge in [-0.3, -0.25) is 9.10 Å². The Hall–Kier alpha value is -1.80. The van der Waals surface area contributed by atoms with E-state index in [4.69, 9.17) is 9.47 Å². The van der Waals surface area contributed by atoms with Crippen molar-refractivity contribution in [1.82, 2.24) is 4.90 Å². The molecule has 7 nitrogen and oxygen atoms in total. The largest absolute Gasteiger partial charge is 0.486 e. The number of amides is 1. The second-order valence-corrected chi connectivity index (χ2v) is 9.56. The quantitative estimate of drug-likeness (QED) is 0.786. The fraction of sp³-hybridized carbons (Fsp3) is 0.611. The van der Waals surface area contributed by atoms with Crippen LogP contribution in [0.5, 0.6) is 5.75 Å². The molecule has 0 saturated carbocycles. The van der Waals surface area contributed by atoms with Gasteiger partial charge < -0.3 is 14.4 Å². The summed E-state index contributed by atoms with van der Waals surface area (Å²) in [6.45, 7) is 4.87. The molecule has 1 aromatic rings. The number of fused-ring (bicyclic) bond motifs is 1. The smallest absolute Gasteiger partial charge is 0.232 e. The van der Waals surface area contributed by atoms with E-state index >= 15 is 0 Å². The first kappa shape index (κ1) is 17.6. The standard InChI is InChI=1S/C18H24N2O5S/c1-13-15(7-8-17(21)19-9-18(10-19)11-24-12-18)25-16-6-4-3-5-14(16)20(13)26(2,22)23/h3-6,13,15H,7-12H2,1-2H3/t13-,15?/m1/s1. The van der Waals surface area contributed by atoms with Crippen molar-refractivity contribution in [1.29, 1.82) is 0 Å². The molecular weight excluding hydrogens is 356 g/mol. The predicted molar refractivity (Wildman–Crippen MR) is 96.7 cm³/mol. The van der Waals surface area contributed by atoms with Crippen molar-refractivity contribution in [3.05, 3.63) is 24.3 Å². The molecule has 26 heavy (non-hydrogen) atoms. The van der Waals surface area contributed by atoms with Crippen molar-refractivity contribution in [2.45, 2.75) is 31.9 Å². The highest BCUT2D eigenvalue weighted by molar-refractivity contribution is 7.92. The van der Waals surface area contributed by atoms with Crippen molar-refractivity contribution >= 4 is 21.6 Å². The van der Waals surface area contributed by atoms with Gasteiger partial charge in [-0.1, -0.05) is 12.1 Å². The van der Waals surface area contributed by atoms with Gasteiger partial charge in [-0.05, 0) is 25.5 Å². The van der Waals surface area contributed by atoms with E-state index in [9.17, 15) is 13.2 Å². The zero-order chi connectivity index (χ0) is 18.5. The highest BCUT2D eigenvalue weighted by Crippen LogP contribution is 2.40. The molecule has 1 amide bonds. The number of para-hydroxylation sites is 2. The summed E-state index contributed by atoms with van der Waals surface area (Å²) in [5.41, 5.74) is 0.760. The maximum atomic E-state index is 12.4. The highest BCUT2D eigenvalue weighted by atomic mass is 32.2. The van der Waals surface area contributed by atoms with Gasteiger partial charge in [0.2, 0.25) is 15.9 Å². The number of anilines is 1. The zero-order valence-electron chi connectivity index (χ0n) is 15.1. The van der Waals surface area contributed by atoms with Crippen LogP contribution < -0.4 is 9.04 Å². The van der Waals surface area contributed by atoms with Crippen molar-refractivity contribution < 1.29 is 22.7 Å². The summed E-state index contributed by atoms with van der Waals surface area (Å²) in [4.78, 5) is 14.3. The topological polar surface area (TPSA) is 76.2 Å². The molecule has 8 heteroatoms. The fourth-order valence-electron chi connectivity index (χ4n) is 4.09. The van der Waals surface area contributed by atoms with E-state index in [1.165, 1.54) is 10.6 Å². The van der Waals surface area contributed by atoms with E-state index in [0.29, 0.717) is 24.3 Å². The molecule has 2 saturated heterocycles. The van der Waals surface area contributed by atoms with Gasteiger partial charge >= 0.3 is 0 Å². The summed E-state index contributed by atoms with van der Waals surface area (Å²) in [7, 11) is -3.44. The Bertz CT molecular complexity index is 813. The SMILES string of the molecule is C[C@@H]1C(CCC(=O)N2CC3(COC3)C2)Oc2ccccc2N1S(C)(=O)=O. The Kier molecular flexibility index (Phi) is 4.15. The van der Waals surface area contributed by atoms with Crippen LogP contribution in [0, 0.1) is 5.41 Å². The molecular formula is C18H24N2O5S. The van der Waals surface area contributed by atoms with Crippen LogP contribution in [-0.2, 0) is 19.6 Å². The second-order valence-electron chi connectivity index (χ2n) is 7.70. The van der Waals surface area contributed by atoms with E-state index in [0.717, 1.165) is 26.3 Å². The normalized spacial score (nSPS) is 26.5. The number of sulfonamides is 1. The maximum Gasteiger partial charge on any atom is 0.232 e. The summed E-state index contributed by atoms with van der Waals surface area (Å²) in [6, 6.07) is 6.76. The average Bonchev–Trinajstić information content (AvgIpc) is 2.48. The minimum absolute atomic E-state index is 0.100.